The fraction of sp³-hybridized carbons (Fsp3) is 0.500. The molecule has 6 heteroatoms. The third-order valence-electron chi connectivity index (χ3n) is 2.47. The van der Waals surface area contributed by atoms with E-state index in [1.54, 1.807) is 7.11 Å². The van der Waals surface area contributed by atoms with E-state index in [4.69, 9.17) is 4.74 Å². The Morgan fingerprint density at radius 3 is 2.81 bits per heavy atom. The minimum absolute atomic E-state index is 0. The van der Waals surface area contributed by atoms with E-state index in [0.29, 0.717) is 5.88 Å². The largest absolute Gasteiger partial charge is 0.481 e. The molecule has 1 fully saturated rings. The average molecular weight is 269 g/mol. The predicted molar refractivity (Wildman–Crippen MR) is 65.2 cm³/mol. The van der Waals surface area contributed by atoms with Crippen molar-refractivity contribution in [2.75, 3.05) is 13.7 Å². The number of nitrogens with zero attached hydrogens (tertiary/aromatic N) is 1. The summed E-state index contributed by atoms with van der Waals surface area (Å²) in [5.41, 5.74) is 0.824. The zero-order chi connectivity index (χ0) is 9.97. The monoisotopic (exact) mass is 268 g/mol. The number of hydrogen-bond donors (Lipinski definition) is 1. The topological polar surface area (TPSA) is 34.1 Å². The van der Waals surface area contributed by atoms with Gasteiger partial charge in [0.25, 0.3) is 0 Å². The van der Waals surface area contributed by atoms with Gasteiger partial charge in [-0.2, -0.15) is 0 Å². The molecule has 0 radical (unpaired) electrons. The van der Waals surface area contributed by atoms with Gasteiger partial charge in [-0.05, 0) is 25.5 Å². The van der Waals surface area contributed by atoms with Gasteiger partial charge >= 0.3 is 0 Å². The Hall–Kier alpha value is -0.580. The Morgan fingerprint density at radius 1 is 1.50 bits per heavy atom. The summed E-state index contributed by atoms with van der Waals surface area (Å²) in [5, 5.41) is 3.29. The maximum atomic E-state index is 13.0. The summed E-state index contributed by atoms with van der Waals surface area (Å²) in [6.45, 7) is 0.977. The average Bonchev–Trinajstić information content (AvgIpc) is 2.70. The predicted octanol–water partition coefficient (Wildman–Crippen LogP) is 2.50. The van der Waals surface area contributed by atoms with Crippen LogP contribution in [0.15, 0.2) is 12.3 Å². The number of halogens is 3. The van der Waals surface area contributed by atoms with Gasteiger partial charge in [0.2, 0.25) is 5.88 Å². The van der Waals surface area contributed by atoms with Crippen LogP contribution in [0.1, 0.15) is 24.4 Å². The second kappa shape index (κ2) is 6.89. The van der Waals surface area contributed by atoms with E-state index in [9.17, 15) is 4.39 Å². The zero-order valence-corrected chi connectivity index (χ0v) is 10.5. The van der Waals surface area contributed by atoms with Gasteiger partial charge in [0.05, 0.1) is 13.3 Å². The molecule has 1 N–H and O–H groups in total. The first kappa shape index (κ1) is 15.4. The molecule has 1 aliphatic heterocycles. The van der Waals surface area contributed by atoms with Crippen LogP contribution in [0.5, 0.6) is 5.88 Å². The molecular formula is C10H15Cl2FN2O. The molecule has 16 heavy (non-hydrogen) atoms. The highest BCUT2D eigenvalue weighted by molar-refractivity contribution is 5.85. The Balaban J connectivity index is 0.00000112. The van der Waals surface area contributed by atoms with Crippen molar-refractivity contribution in [1.29, 1.82) is 0 Å². The van der Waals surface area contributed by atoms with Crippen LogP contribution >= 0.6 is 24.8 Å². The third-order valence-corrected chi connectivity index (χ3v) is 2.47. The van der Waals surface area contributed by atoms with Crippen LogP contribution in [0.25, 0.3) is 0 Å². The first-order chi connectivity index (χ1) is 6.81. The van der Waals surface area contributed by atoms with Crippen LogP contribution in [0.4, 0.5) is 4.39 Å². The van der Waals surface area contributed by atoms with Gasteiger partial charge in [-0.25, -0.2) is 9.37 Å². The Labute approximate surface area is 107 Å². The maximum Gasteiger partial charge on any atom is 0.218 e. The number of ether oxygens (including phenoxy) is 1. The van der Waals surface area contributed by atoms with Gasteiger partial charge in [-0.15, -0.1) is 24.8 Å². The lowest BCUT2D eigenvalue weighted by molar-refractivity contribution is 0.383. The molecule has 1 atom stereocenters. The lowest BCUT2D eigenvalue weighted by Gasteiger charge is -2.13. The van der Waals surface area contributed by atoms with Crippen molar-refractivity contribution >= 4 is 24.8 Å². The van der Waals surface area contributed by atoms with E-state index in [-0.39, 0.29) is 36.7 Å². The van der Waals surface area contributed by atoms with Crippen molar-refractivity contribution in [2.45, 2.75) is 18.9 Å². The molecule has 0 unspecified atom stereocenters. The summed E-state index contributed by atoms with van der Waals surface area (Å²) in [6.07, 6.45) is 3.31. The zero-order valence-electron chi connectivity index (χ0n) is 8.90. The molecule has 2 rings (SSSR count). The molecule has 0 aliphatic carbocycles. The highest BCUT2D eigenvalue weighted by Crippen LogP contribution is 2.29. The quantitative estimate of drug-likeness (QED) is 0.895. The second-order valence-corrected chi connectivity index (χ2v) is 3.40. The normalized spacial score (nSPS) is 18.5. The number of hydrogen-bond acceptors (Lipinski definition) is 3. The SMILES string of the molecule is COc1ncc(F)cc1[C@H]1CCCN1.Cl.Cl. The summed E-state index contributed by atoms with van der Waals surface area (Å²) in [7, 11) is 1.55. The third kappa shape index (κ3) is 3.20. The molecule has 0 aromatic carbocycles. The van der Waals surface area contributed by atoms with Gasteiger partial charge in [0.1, 0.15) is 5.82 Å². The molecule has 2 heterocycles. The van der Waals surface area contributed by atoms with Crippen molar-refractivity contribution in [3.8, 4) is 5.88 Å². The highest BCUT2D eigenvalue weighted by Gasteiger charge is 2.21. The summed E-state index contributed by atoms with van der Waals surface area (Å²) in [6, 6.07) is 1.68. The fourth-order valence-corrected chi connectivity index (χ4v) is 1.81. The molecule has 0 saturated carbocycles. The molecule has 1 aromatic heterocycles. The van der Waals surface area contributed by atoms with Crippen molar-refractivity contribution in [2.24, 2.45) is 0 Å². The number of rotatable bonds is 2. The van der Waals surface area contributed by atoms with Gasteiger partial charge in [-0.1, -0.05) is 0 Å². The Morgan fingerprint density at radius 2 is 2.25 bits per heavy atom. The van der Waals surface area contributed by atoms with Crippen LogP contribution in [0, 0.1) is 5.82 Å². The standard InChI is InChI=1S/C10H13FN2O.2ClH/c1-14-10-8(5-7(11)6-13-10)9-3-2-4-12-9;;/h5-6,9,12H,2-4H2,1H3;2*1H/t9-;;/m1../s1. The molecule has 0 spiro atoms. The summed E-state index contributed by atoms with van der Waals surface area (Å²) >= 11 is 0. The minimum Gasteiger partial charge on any atom is -0.481 e. The number of nitrogens with one attached hydrogen (secondary N) is 1. The molecule has 1 aromatic rings. The van der Waals surface area contributed by atoms with E-state index in [1.165, 1.54) is 12.3 Å². The van der Waals surface area contributed by atoms with Crippen LogP contribution < -0.4 is 10.1 Å². The van der Waals surface area contributed by atoms with Gasteiger partial charge in [0, 0.05) is 11.6 Å². The van der Waals surface area contributed by atoms with Crippen molar-refractivity contribution in [1.82, 2.24) is 10.3 Å². The molecule has 3 nitrogen and oxygen atoms in total. The number of methoxy groups -OCH3 is 1. The summed E-state index contributed by atoms with van der Waals surface area (Å²) < 4.78 is 18.1. The molecule has 1 aliphatic rings. The van der Waals surface area contributed by atoms with Gasteiger partial charge in [0.15, 0.2) is 0 Å². The lowest BCUT2D eigenvalue weighted by Crippen LogP contribution is -2.14. The van der Waals surface area contributed by atoms with Crippen molar-refractivity contribution < 1.29 is 9.13 Å². The Kier molecular flexibility index (Phi) is 6.64. The molecule has 92 valence electrons. The number of aromatic nitrogens is 1. The van der Waals surface area contributed by atoms with Crippen molar-refractivity contribution in [3.63, 3.8) is 0 Å². The molecule has 0 bridgehead atoms. The fourth-order valence-electron chi connectivity index (χ4n) is 1.81. The summed E-state index contributed by atoms with van der Waals surface area (Å²) in [5.74, 6) is 0.209. The van der Waals surface area contributed by atoms with E-state index < -0.39 is 0 Å². The lowest BCUT2D eigenvalue weighted by atomic mass is 10.1. The second-order valence-electron chi connectivity index (χ2n) is 3.40. The first-order valence-corrected chi connectivity index (χ1v) is 4.74. The van der Waals surface area contributed by atoms with Gasteiger partial charge < -0.3 is 10.1 Å². The maximum absolute atomic E-state index is 13.0. The van der Waals surface area contributed by atoms with Crippen LogP contribution in [-0.4, -0.2) is 18.6 Å². The highest BCUT2D eigenvalue weighted by atomic mass is 35.5. The Bertz CT molecular complexity index is 333. The van der Waals surface area contributed by atoms with Gasteiger partial charge in [-0.3, -0.25) is 0 Å². The molecular weight excluding hydrogens is 254 g/mol. The first-order valence-electron chi connectivity index (χ1n) is 4.74. The molecule has 0 amide bonds. The minimum atomic E-state index is -0.311. The van der Waals surface area contributed by atoms with E-state index in [1.807, 2.05) is 0 Å². The van der Waals surface area contributed by atoms with E-state index >= 15 is 0 Å². The van der Waals surface area contributed by atoms with Crippen LogP contribution in [0.2, 0.25) is 0 Å². The number of pyridine rings is 1. The van der Waals surface area contributed by atoms with E-state index in [2.05, 4.69) is 10.3 Å². The van der Waals surface area contributed by atoms with Crippen LogP contribution in [0.3, 0.4) is 0 Å². The smallest absolute Gasteiger partial charge is 0.218 e. The summed E-state index contributed by atoms with van der Waals surface area (Å²) in [4.78, 5) is 3.90. The van der Waals surface area contributed by atoms with Crippen LogP contribution in [-0.2, 0) is 0 Å². The molecule has 1 saturated heterocycles. The van der Waals surface area contributed by atoms with Crippen molar-refractivity contribution in [3.05, 3.63) is 23.6 Å². The van der Waals surface area contributed by atoms with E-state index in [0.717, 1.165) is 24.9 Å².